The van der Waals surface area contributed by atoms with Gasteiger partial charge < -0.3 is 14.8 Å². The summed E-state index contributed by atoms with van der Waals surface area (Å²) < 4.78 is 11.5. The molecule has 1 atom stereocenters. The Hall–Kier alpha value is -0.580. The summed E-state index contributed by atoms with van der Waals surface area (Å²) in [7, 11) is 3.43. The number of hydrogen-bond acceptors (Lipinski definition) is 3. The molecule has 102 valence electrons. The maximum absolute atomic E-state index is 5.29. The largest absolute Gasteiger partial charge is 0.497 e. The fourth-order valence-corrected chi connectivity index (χ4v) is 2.48. The Balaban J connectivity index is 2.82. The SMILES string of the molecule is CCNC(CCCOC)c1cc(OC)ccc1Br. The second kappa shape index (κ2) is 8.51. The maximum atomic E-state index is 5.29. The van der Waals surface area contributed by atoms with Crippen LogP contribution in [0.1, 0.15) is 31.4 Å². The molecule has 1 N–H and O–H groups in total. The first-order chi connectivity index (χ1) is 8.72. The highest BCUT2D eigenvalue weighted by atomic mass is 79.9. The van der Waals surface area contributed by atoms with Gasteiger partial charge in [-0.05, 0) is 43.1 Å². The molecular formula is C14H22BrNO2. The lowest BCUT2D eigenvalue weighted by molar-refractivity contribution is 0.189. The van der Waals surface area contributed by atoms with Gasteiger partial charge in [0.25, 0.3) is 0 Å². The van der Waals surface area contributed by atoms with Crippen molar-refractivity contribution in [3.63, 3.8) is 0 Å². The average molecular weight is 316 g/mol. The molecule has 0 heterocycles. The van der Waals surface area contributed by atoms with Crippen molar-refractivity contribution >= 4 is 15.9 Å². The van der Waals surface area contributed by atoms with E-state index in [0.717, 1.165) is 36.2 Å². The molecule has 0 fully saturated rings. The van der Waals surface area contributed by atoms with Crippen LogP contribution in [0.15, 0.2) is 22.7 Å². The highest BCUT2D eigenvalue weighted by Gasteiger charge is 2.14. The van der Waals surface area contributed by atoms with Crippen LogP contribution in [0.3, 0.4) is 0 Å². The van der Waals surface area contributed by atoms with Crippen LogP contribution < -0.4 is 10.1 Å². The van der Waals surface area contributed by atoms with E-state index in [1.807, 2.05) is 12.1 Å². The Morgan fingerprint density at radius 2 is 2.11 bits per heavy atom. The number of rotatable bonds is 8. The smallest absolute Gasteiger partial charge is 0.119 e. The van der Waals surface area contributed by atoms with Gasteiger partial charge in [-0.15, -0.1) is 0 Å². The first-order valence-electron chi connectivity index (χ1n) is 6.28. The third-order valence-corrected chi connectivity index (χ3v) is 3.59. The molecule has 18 heavy (non-hydrogen) atoms. The zero-order valence-electron chi connectivity index (χ0n) is 11.3. The fraction of sp³-hybridized carbons (Fsp3) is 0.571. The minimum Gasteiger partial charge on any atom is -0.497 e. The van der Waals surface area contributed by atoms with Crippen molar-refractivity contribution in [1.82, 2.24) is 5.32 Å². The Morgan fingerprint density at radius 3 is 2.72 bits per heavy atom. The average Bonchev–Trinajstić information content (AvgIpc) is 2.39. The van der Waals surface area contributed by atoms with Gasteiger partial charge in [-0.2, -0.15) is 0 Å². The van der Waals surface area contributed by atoms with Gasteiger partial charge in [0.2, 0.25) is 0 Å². The number of methoxy groups -OCH3 is 2. The van der Waals surface area contributed by atoms with Crippen molar-refractivity contribution in [1.29, 1.82) is 0 Å². The summed E-state index contributed by atoms with van der Waals surface area (Å²) in [5.41, 5.74) is 1.24. The first kappa shape index (κ1) is 15.5. The van der Waals surface area contributed by atoms with E-state index in [9.17, 15) is 0 Å². The molecular weight excluding hydrogens is 294 g/mol. The van der Waals surface area contributed by atoms with Crippen molar-refractivity contribution in [2.45, 2.75) is 25.8 Å². The van der Waals surface area contributed by atoms with Gasteiger partial charge in [-0.1, -0.05) is 22.9 Å². The number of nitrogens with one attached hydrogen (secondary N) is 1. The highest BCUT2D eigenvalue weighted by Crippen LogP contribution is 2.30. The summed E-state index contributed by atoms with van der Waals surface area (Å²) in [6.45, 7) is 3.86. The summed E-state index contributed by atoms with van der Waals surface area (Å²) >= 11 is 3.61. The van der Waals surface area contributed by atoms with Crippen LogP contribution in [0.5, 0.6) is 5.75 Å². The molecule has 0 amide bonds. The van der Waals surface area contributed by atoms with Crippen LogP contribution in [0.25, 0.3) is 0 Å². The van der Waals surface area contributed by atoms with Gasteiger partial charge in [-0.3, -0.25) is 0 Å². The molecule has 1 aromatic carbocycles. The molecule has 0 aliphatic heterocycles. The van der Waals surface area contributed by atoms with E-state index in [-0.39, 0.29) is 0 Å². The third-order valence-electron chi connectivity index (χ3n) is 2.87. The van der Waals surface area contributed by atoms with Gasteiger partial charge in [0.05, 0.1) is 7.11 Å². The number of ether oxygens (including phenoxy) is 2. The van der Waals surface area contributed by atoms with E-state index in [1.54, 1.807) is 14.2 Å². The van der Waals surface area contributed by atoms with Gasteiger partial charge in [-0.25, -0.2) is 0 Å². The summed E-state index contributed by atoms with van der Waals surface area (Å²) in [5.74, 6) is 0.892. The Kier molecular flexibility index (Phi) is 7.32. The lowest BCUT2D eigenvalue weighted by Crippen LogP contribution is -2.21. The fourth-order valence-electron chi connectivity index (χ4n) is 1.96. The topological polar surface area (TPSA) is 30.5 Å². The lowest BCUT2D eigenvalue weighted by Gasteiger charge is -2.20. The predicted molar refractivity (Wildman–Crippen MR) is 78.2 cm³/mol. The summed E-state index contributed by atoms with van der Waals surface area (Å²) in [6.07, 6.45) is 2.09. The van der Waals surface area contributed by atoms with Gasteiger partial charge >= 0.3 is 0 Å². The zero-order valence-corrected chi connectivity index (χ0v) is 12.9. The lowest BCUT2D eigenvalue weighted by atomic mass is 10.0. The zero-order chi connectivity index (χ0) is 13.4. The number of benzene rings is 1. The summed E-state index contributed by atoms with van der Waals surface area (Å²) in [5, 5.41) is 3.51. The second-order valence-electron chi connectivity index (χ2n) is 4.13. The second-order valence-corrected chi connectivity index (χ2v) is 4.99. The molecule has 0 bridgehead atoms. The van der Waals surface area contributed by atoms with E-state index in [1.165, 1.54) is 5.56 Å². The molecule has 0 aliphatic carbocycles. The molecule has 1 aromatic rings. The molecule has 1 unspecified atom stereocenters. The molecule has 0 aromatic heterocycles. The predicted octanol–water partition coefficient (Wildman–Crippen LogP) is 3.53. The summed E-state index contributed by atoms with van der Waals surface area (Å²) in [4.78, 5) is 0. The maximum Gasteiger partial charge on any atom is 0.119 e. The molecule has 0 saturated heterocycles. The minimum absolute atomic E-state index is 0.328. The molecule has 0 radical (unpaired) electrons. The monoisotopic (exact) mass is 315 g/mol. The third kappa shape index (κ3) is 4.59. The van der Waals surface area contributed by atoms with Crippen LogP contribution >= 0.6 is 15.9 Å². The Labute approximate surface area is 118 Å². The van der Waals surface area contributed by atoms with Crippen LogP contribution in [-0.4, -0.2) is 27.4 Å². The van der Waals surface area contributed by atoms with Crippen LogP contribution in [-0.2, 0) is 4.74 Å². The number of hydrogen-bond donors (Lipinski definition) is 1. The van der Waals surface area contributed by atoms with Crippen LogP contribution in [0, 0.1) is 0 Å². The quantitative estimate of drug-likeness (QED) is 0.744. The van der Waals surface area contributed by atoms with Gasteiger partial charge in [0.15, 0.2) is 0 Å². The molecule has 4 heteroatoms. The van der Waals surface area contributed by atoms with Crippen molar-refractivity contribution in [3.8, 4) is 5.75 Å². The molecule has 0 saturated carbocycles. The van der Waals surface area contributed by atoms with E-state index in [2.05, 4.69) is 34.2 Å². The van der Waals surface area contributed by atoms with Crippen molar-refractivity contribution < 1.29 is 9.47 Å². The number of halogens is 1. The van der Waals surface area contributed by atoms with Gasteiger partial charge in [0.1, 0.15) is 5.75 Å². The van der Waals surface area contributed by atoms with Crippen LogP contribution in [0.2, 0.25) is 0 Å². The van der Waals surface area contributed by atoms with Gasteiger partial charge in [0, 0.05) is 24.2 Å². The molecule has 0 aliphatic rings. The summed E-state index contributed by atoms with van der Waals surface area (Å²) in [6, 6.07) is 6.42. The molecule has 1 rings (SSSR count). The van der Waals surface area contributed by atoms with Crippen molar-refractivity contribution in [2.75, 3.05) is 27.4 Å². The standard InChI is InChI=1S/C14H22BrNO2/c1-4-16-14(6-5-9-17-2)12-10-11(18-3)7-8-13(12)15/h7-8,10,14,16H,4-6,9H2,1-3H3. The van der Waals surface area contributed by atoms with Crippen LogP contribution in [0.4, 0.5) is 0 Å². The van der Waals surface area contributed by atoms with E-state index in [4.69, 9.17) is 9.47 Å². The van der Waals surface area contributed by atoms with E-state index in [0.29, 0.717) is 6.04 Å². The Bertz CT molecular complexity index is 358. The first-order valence-corrected chi connectivity index (χ1v) is 7.08. The molecule has 0 spiro atoms. The molecule has 3 nitrogen and oxygen atoms in total. The van der Waals surface area contributed by atoms with Crippen molar-refractivity contribution in [2.24, 2.45) is 0 Å². The minimum atomic E-state index is 0.328. The van der Waals surface area contributed by atoms with E-state index < -0.39 is 0 Å². The van der Waals surface area contributed by atoms with E-state index >= 15 is 0 Å². The highest BCUT2D eigenvalue weighted by molar-refractivity contribution is 9.10. The Morgan fingerprint density at radius 1 is 1.33 bits per heavy atom. The van der Waals surface area contributed by atoms with Crippen molar-refractivity contribution in [3.05, 3.63) is 28.2 Å². The normalized spacial score (nSPS) is 12.4.